The van der Waals surface area contributed by atoms with Gasteiger partial charge in [-0.15, -0.1) is 0 Å². The van der Waals surface area contributed by atoms with Crippen LogP contribution in [0.25, 0.3) is 0 Å². The van der Waals surface area contributed by atoms with E-state index in [9.17, 15) is 18.0 Å². The Bertz CT molecular complexity index is 640. The van der Waals surface area contributed by atoms with E-state index >= 15 is 0 Å². The van der Waals surface area contributed by atoms with Crippen LogP contribution >= 0.6 is 0 Å². The van der Waals surface area contributed by atoms with Crippen LogP contribution in [0.15, 0.2) is 29.2 Å². The minimum atomic E-state index is -4.04. The Balaban J connectivity index is 3.07. The van der Waals surface area contributed by atoms with Crippen molar-refractivity contribution in [2.45, 2.75) is 31.2 Å². The second-order valence-corrected chi connectivity index (χ2v) is 6.75. The van der Waals surface area contributed by atoms with Gasteiger partial charge in [-0.25, -0.2) is 8.42 Å². The van der Waals surface area contributed by atoms with Gasteiger partial charge < -0.3 is 10.8 Å². The maximum absolute atomic E-state index is 12.2. The lowest BCUT2D eigenvalue weighted by molar-refractivity contribution is -0.139. The van der Waals surface area contributed by atoms with Gasteiger partial charge in [0.25, 0.3) is 0 Å². The van der Waals surface area contributed by atoms with Crippen LogP contribution in [-0.2, 0) is 14.8 Å². The summed E-state index contributed by atoms with van der Waals surface area (Å²) >= 11 is 0. The van der Waals surface area contributed by atoms with Gasteiger partial charge in [-0.2, -0.15) is 4.72 Å². The Morgan fingerprint density at radius 1 is 1.33 bits per heavy atom. The van der Waals surface area contributed by atoms with E-state index in [0.717, 1.165) is 6.07 Å². The van der Waals surface area contributed by atoms with Crippen LogP contribution < -0.4 is 10.5 Å². The molecule has 0 bridgehead atoms. The highest BCUT2D eigenvalue weighted by atomic mass is 32.2. The van der Waals surface area contributed by atoms with E-state index in [0.29, 0.717) is 0 Å². The number of hydrogen-bond donors (Lipinski definition) is 3. The minimum absolute atomic E-state index is 0.00533. The zero-order valence-corrected chi connectivity index (χ0v) is 12.6. The molecule has 0 radical (unpaired) electrons. The summed E-state index contributed by atoms with van der Waals surface area (Å²) in [5.41, 5.74) is 5.13. The fourth-order valence-electron chi connectivity index (χ4n) is 1.74. The van der Waals surface area contributed by atoms with Gasteiger partial charge in [-0.05, 0) is 30.5 Å². The van der Waals surface area contributed by atoms with Gasteiger partial charge in [0.15, 0.2) is 0 Å². The molecule has 1 aromatic carbocycles. The number of aliphatic carboxylic acids is 1. The molecule has 1 aromatic rings. The lowest BCUT2D eigenvalue weighted by atomic mass is 10.1. The number of benzene rings is 1. The van der Waals surface area contributed by atoms with Crippen LogP contribution in [0.1, 0.15) is 30.6 Å². The molecule has 0 saturated heterocycles. The molecule has 0 aromatic heterocycles. The maximum Gasteiger partial charge on any atom is 0.321 e. The van der Waals surface area contributed by atoms with Crippen molar-refractivity contribution in [3.05, 3.63) is 29.8 Å². The largest absolute Gasteiger partial charge is 0.480 e. The average Bonchev–Trinajstić information content (AvgIpc) is 2.37. The first-order valence-corrected chi connectivity index (χ1v) is 7.77. The molecule has 0 saturated carbocycles. The number of carboxylic acid groups (broad SMARTS) is 1. The number of carbonyl (C=O) groups excluding carboxylic acids is 1. The normalized spacial score (nSPS) is 13.1. The summed E-state index contributed by atoms with van der Waals surface area (Å²) in [6.45, 7) is 3.58. The predicted octanol–water partition coefficient (Wildman–Crippen LogP) is 0.563. The van der Waals surface area contributed by atoms with Crippen molar-refractivity contribution in [3.63, 3.8) is 0 Å². The summed E-state index contributed by atoms with van der Waals surface area (Å²) in [7, 11) is -4.04. The Labute approximate surface area is 123 Å². The topological polar surface area (TPSA) is 127 Å². The molecule has 0 aliphatic heterocycles. The van der Waals surface area contributed by atoms with Crippen LogP contribution in [0.3, 0.4) is 0 Å². The van der Waals surface area contributed by atoms with E-state index in [2.05, 4.69) is 4.72 Å². The van der Waals surface area contributed by atoms with Crippen LogP contribution in [-0.4, -0.2) is 31.4 Å². The summed E-state index contributed by atoms with van der Waals surface area (Å²) in [5.74, 6) is -2.01. The number of rotatable bonds is 7. The summed E-state index contributed by atoms with van der Waals surface area (Å²) in [6.07, 6.45) is 0.157. The van der Waals surface area contributed by atoms with Gasteiger partial charge in [0.05, 0.1) is 4.90 Å². The number of nitrogens with one attached hydrogen (secondary N) is 1. The molecule has 21 heavy (non-hydrogen) atoms. The van der Waals surface area contributed by atoms with Crippen molar-refractivity contribution in [1.82, 2.24) is 4.72 Å². The third kappa shape index (κ3) is 4.83. The van der Waals surface area contributed by atoms with E-state index in [1.54, 1.807) is 13.8 Å². The highest BCUT2D eigenvalue weighted by molar-refractivity contribution is 7.89. The van der Waals surface area contributed by atoms with Crippen molar-refractivity contribution in [2.75, 3.05) is 0 Å². The van der Waals surface area contributed by atoms with Crippen LogP contribution in [0, 0.1) is 5.92 Å². The Morgan fingerprint density at radius 2 is 1.95 bits per heavy atom. The van der Waals surface area contributed by atoms with E-state index in [1.807, 2.05) is 0 Å². The van der Waals surface area contributed by atoms with Crippen molar-refractivity contribution in [3.8, 4) is 0 Å². The highest BCUT2D eigenvalue weighted by Gasteiger charge is 2.26. The standard InChI is InChI=1S/C13H18N2O5S/c1-8(2)6-11(13(17)18)15-21(19,20)10-5-3-4-9(7-10)12(14)16/h3-5,7-8,11,15H,6H2,1-2H3,(H2,14,16)(H,17,18)/t11-/m0/s1. The molecule has 0 heterocycles. The van der Waals surface area contributed by atoms with Crippen molar-refractivity contribution >= 4 is 21.9 Å². The molecule has 0 fully saturated rings. The molecule has 8 heteroatoms. The SMILES string of the molecule is CC(C)C[C@H](NS(=O)(=O)c1cccc(C(N)=O)c1)C(=O)O. The molecular weight excluding hydrogens is 296 g/mol. The molecular formula is C13H18N2O5S. The number of sulfonamides is 1. The van der Waals surface area contributed by atoms with Crippen LogP contribution in [0.5, 0.6) is 0 Å². The van der Waals surface area contributed by atoms with E-state index in [1.165, 1.54) is 18.2 Å². The van der Waals surface area contributed by atoms with Gasteiger partial charge in [-0.3, -0.25) is 9.59 Å². The third-order valence-corrected chi connectivity index (χ3v) is 4.20. The molecule has 4 N–H and O–H groups in total. The number of carboxylic acids is 1. The molecule has 0 aliphatic carbocycles. The quantitative estimate of drug-likeness (QED) is 0.678. The summed E-state index contributed by atoms with van der Waals surface area (Å²) in [5, 5.41) is 9.07. The summed E-state index contributed by atoms with van der Waals surface area (Å²) in [4.78, 5) is 22.0. The monoisotopic (exact) mass is 314 g/mol. The third-order valence-electron chi connectivity index (χ3n) is 2.73. The Kier molecular flexibility index (Phi) is 5.45. The fraction of sp³-hybridized carbons (Fsp3) is 0.385. The number of amides is 1. The Morgan fingerprint density at radius 3 is 2.43 bits per heavy atom. The number of primary amides is 1. The van der Waals surface area contributed by atoms with Gasteiger partial charge >= 0.3 is 5.97 Å². The molecule has 1 amide bonds. The second-order valence-electron chi connectivity index (χ2n) is 5.03. The van der Waals surface area contributed by atoms with Gasteiger partial charge in [0.2, 0.25) is 15.9 Å². The lowest BCUT2D eigenvalue weighted by Gasteiger charge is -2.16. The van der Waals surface area contributed by atoms with Gasteiger partial charge in [0.1, 0.15) is 6.04 Å². The highest BCUT2D eigenvalue weighted by Crippen LogP contribution is 2.14. The van der Waals surface area contributed by atoms with Crippen molar-refractivity contribution in [1.29, 1.82) is 0 Å². The zero-order chi connectivity index (χ0) is 16.2. The van der Waals surface area contributed by atoms with Crippen LogP contribution in [0.2, 0.25) is 0 Å². The smallest absolute Gasteiger partial charge is 0.321 e. The summed E-state index contributed by atoms with van der Waals surface area (Å²) in [6, 6.07) is 3.89. The molecule has 0 aliphatic rings. The molecule has 1 rings (SSSR count). The van der Waals surface area contributed by atoms with E-state index in [-0.39, 0.29) is 22.8 Å². The Hall–Kier alpha value is -1.93. The van der Waals surface area contributed by atoms with Gasteiger partial charge in [-0.1, -0.05) is 19.9 Å². The second kappa shape index (κ2) is 6.68. The number of hydrogen-bond acceptors (Lipinski definition) is 4. The zero-order valence-electron chi connectivity index (χ0n) is 11.7. The maximum atomic E-state index is 12.2. The van der Waals surface area contributed by atoms with Crippen molar-refractivity contribution < 1.29 is 23.1 Å². The molecule has 7 nitrogen and oxygen atoms in total. The first-order valence-electron chi connectivity index (χ1n) is 6.28. The first-order chi connectivity index (χ1) is 9.63. The predicted molar refractivity (Wildman–Crippen MR) is 76.2 cm³/mol. The van der Waals surface area contributed by atoms with Crippen molar-refractivity contribution in [2.24, 2.45) is 11.7 Å². The average molecular weight is 314 g/mol. The molecule has 1 atom stereocenters. The number of nitrogens with two attached hydrogens (primary N) is 1. The van der Waals surface area contributed by atoms with Crippen LogP contribution in [0.4, 0.5) is 0 Å². The fourth-order valence-corrected chi connectivity index (χ4v) is 2.99. The lowest BCUT2D eigenvalue weighted by Crippen LogP contribution is -2.41. The van der Waals surface area contributed by atoms with Gasteiger partial charge in [0, 0.05) is 5.56 Å². The number of carbonyl (C=O) groups is 2. The first kappa shape index (κ1) is 17.1. The van der Waals surface area contributed by atoms with E-state index < -0.39 is 27.9 Å². The summed E-state index contributed by atoms with van der Waals surface area (Å²) < 4.78 is 26.5. The molecule has 116 valence electrons. The van der Waals surface area contributed by atoms with E-state index in [4.69, 9.17) is 10.8 Å². The molecule has 0 spiro atoms. The minimum Gasteiger partial charge on any atom is -0.480 e. The molecule has 0 unspecified atom stereocenters.